The van der Waals surface area contributed by atoms with Gasteiger partial charge < -0.3 is 14.7 Å². The Morgan fingerprint density at radius 1 is 1.04 bits per heavy atom. The van der Waals surface area contributed by atoms with Crippen LogP contribution >= 0.6 is 0 Å². The molecule has 23 heavy (non-hydrogen) atoms. The molecule has 6 nitrogen and oxygen atoms in total. The second kappa shape index (κ2) is 6.12. The molecular weight excluding hydrogens is 288 g/mol. The molecule has 0 bridgehead atoms. The van der Waals surface area contributed by atoms with Gasteiger partial charge in [-0.2, -0.15) is 10.1 Å². The van der Waals surface area contributed by atoms with E-state index in [-0.39, 0.29) is 0 Å². The zero-order valence-electron chi connectivity index (χ0n) is 13.5. The number of piperazine rings is 1. The van der Waals surface area contributed by atoms with Gasteiger partial charge in [-0.1, -0.05) is 25.1 Å². The molecule has 1 aromatic carbocycles. The van der Waals surface area contributed by atoms with E-state index in [9.17, 15) is 0 Å². The summed E-state index contributed by atoms with van der Waals surface area (Å²) >= 11 is 0. The molecule has 1 fully saturated rings. The lowest BCUT2D eigenvalue weighted by atomic mass is 10.2. The Morgan fingerprint density at radius 3 is 2.70 bits per heavy atom. The van der Waals surface area contributed by atoms with Crippen LogP contribution in [0.25, 0.3) is 0 Å². The summed E-state index contributed by atoms with van der Waals surface area (Å²) in [5.74, 6) is 1.65. The number of para-hydroxylation sites is 1. The quantitative estimate of drug-likeness (QED) is 0.860. The maximum Gasteiger partial charge on any atom is 0.251 e. The summed E-state index contributed by atoms with van der Waals surface area (Å²) < 4.78 is 0. The number of likely N-dealkylation sites (N-methyl/N-ethyl adjacent to an activating group) is 1. The van der Waals surface area contributed by atoms with E-state index in [0.717, 1.165) is 51.5 Å². The zero-order chi connectivity index (χ0) is 15.6. The first-order valence-electron chi connectivity index (χ1n) is 8.37. The highest BCUT2D eigenvalue weighted by molar-refractivity contribution is 5.66. The summed E-state index contributed by atoms with van der Waals surface area (Å²) in [5.41, 5.74) is 2.57. The minimum absolute atomic E-state index is 0.713. The molecule has 2 aromatic rings. The van der Waals surface area contributed by atoms with Crippen molar-refractivity contribution in [3.05, 3.63) is 36.0 Å². The van der Waals surface area contributed by atoms with Gasteiger partial charge in [-0.15, -0.1) is 5.10 Å². The molecule has 0 N–H and O–H groups in total. The molecule has 6 heteroatoms. The van der Waals surface area contributed by atoms with Gasteiger partial charge >= 0.3 is 0 Å². The summed E-state index contributed by atoms with van der Waals surface area (Å²) in [6.45, 7) is 8.43. The van der Waals surface area contributed by atoms with E-state index in [2.05, 4.69) is 56.1 Å². The van der Waals surface area contributed by atoms with E-state index in [4.69, 9.17) is 4.98 Å². The lowest BCUT2D eigenvalue weighted by Crippen LogP contribution is -2.46. The van der Waals surface area contributed by atoms with Gasteiger partial charge in [0.25, 0.3) is 5.95 Å². The van der Waals surface area contributed by atoms with E-state index in [0.29, 0.717) is 5.95 Å². The maximum absolute atomic E-state index is 4.79. The molecule has 1 aromatic heterocycles. The van der Waals surface area contributed by atoms with Crippen LogP contribution in [0.5, 0.6) is 0 Å². The fourth-order valence-corrected chi connectivity index (χ4v) is 3.39. The van der Waals surface area contributed by atoms with Crippen molar-refractivity contribution in [2.24, 2.45) is 0 Å². The molecule has 0 spiro atoms. The molecule has 2 aliphatic heterocycles. The molecule has 0 radical (unpaired) electrons. The van der Waals surface area contributed by atoms with Crippen LogP contribution < -0.4 is 9.80 Å². The summed E-state index contributed by atoms with van der Waals surface area (Å²) in [5, 5.41) is 8.48. The van der Waals surface area contributed by atoms with Crippen LogP contribution in [0.4, 0.5) is 17.5 Å². The van der Waals surface area contributed by atoms with Crippen LogP contribution in [0.3, 0.4) is 0 Å². The third-order valence-corrected chi connectivity index (χ3v) is 4.81. The molecule has 4 rings (SSSR count). The molecule has 0 unspecified atom stereocenters. The first-order chi connectivity index (χ1) is 11.3. The largest absolute Gasteiger partial charge is 0.353 e. The summed E-state index contributed by atoms with van der Waals surface area (Å²) in [6.07, 6.45) is 2.83. The predicted octanol–water partition coefficient (Wildman–Crippen LogP) is 1.71. The van der Waals surface area contributed by atoms with E-state index < -0.39 is 0 Å². The summed E-state index contributed by atoms with van der Waals surface area (Å²) in [7, 11) is 0. The standard InChI is InChI=1S/C17H22N6/c1-2-21-9-11-22(12-10-21)16-13-18-20-17(19-16)23-8-7-14-5-3-4-6-15(14)23/h3-6,13H,2,7-12H2,1H3. The molecule has 0 aliphatic carbocycles. The highest BCUT2D eigenvalue weighted by atomic mass is 15.4. The van der Waals surface area contributed by atoms with Gasteiger partial charge in [0.15, 0.2) is 5.82 Å². The maximum atomic E-state index is 4.79. The van der Waals surface area contributed by atoms with Gasteiger partial charge in [-0.05, 0) is 24.6 Å². The van der Waals surface area contributed by atoms with Crippen molar-refractivity contribution in [3.63, 3.8) is 0 Å². The fraction of sp³-hybridized carbons (Fsp3) is 0.471. The predicted molar refractivity (Wildman–Crippen MR) is 91.3 cm³/mol. The van der Waals surface area contributed by atoms with Crippen LogP contribution in [0.15, 0.2) is 30.5 Å². The van der Waals surface area contributed by atoms with Crippen molar-refractivity contribution in [2.75, 3.05) is 49.1 Å². The Labute approximate surface area is 136 Å². The van der Waals surface area contributed by atoms with Crippen molar-refractivity contribution < 1.29 is 0 Å². The second-order valence-corrected chi connectivity index (χ2v) is 6.07. The lowest BCUT2D eigenvalue weighted by molar-refractivity contribution is 0.270. The van der Waals surface area contributed by atoms with Crippen molar-refractivity contribution in [2.45, 2.75) is 13.3 Å². The van der Waals surface area contributed by atoms with Crippen LogP contribution in [0.2, 0.25) is 0 Å². The van der Waals surface area contributed by atoms with E-state index in [1.165, 1.54) is 11.3 Å². The minimum atomic E-state index is 0.713. The van der Waals surface area contributed by atoms with Crippen molar-refractivity contribution in [3.8, 4) is 0 Å². The van der Waals surface area contributed by atoms with E-state index in [1.807, 2.05) is 0 Å². The number of hydrogen-bond acceptors (Lipinski definition) is 6. The number of anilines is 3. The monoisotopic (exact) mass is 310 g/mol. The molecule has 2 aliphatic rings. The van der Waals surface area contributed by atoms with Crippen molar-refractivity contribution >= 4 is 17.5 Å². The molecule has 0 amide bonds. The number of fused-ring (bicyclic) bond motifs is 1. The molecule has 1 saturated heterocycles. The summed E-state index contributed by atoms with van der Waals surface area (Å²) in [6, 6.07) is 8.47. The SMILES string of the molecule is CCN1CCN(c2cnnc(N3CCc4ccccc43)n2)CC1. The first kappa shape index (κ1) is 14.4. The highest BCUT2D eigenvalue weighted by Crippen LogP contribution is 2.32. The Balaban J connectivity index is 1.56. The van der Waals surface area contributed by atoms with Gasteiger partial charge in [0.2, 0.25) is 0 Å². The highest BCUT2D eigenvalue weighted by Gasteiger charge is 2.24. The number of hydrogen-bond donors (Lipinski definition) is 0. The van der Waals surface area contributed by atoms with E-state index >= 15 is 0 Å². The molecule has 120 valence electrons. The smallest absolute Gasteiger partial charge is 0.251 e. The van der Waals surface area contributed by atoms with Gasteiger partial charge in [0.05, 0.1) is 6.20 Å². The number of benzene rings is 1. The average molecular weight is 310 g/mol. The van der Waals surface area contributed by atoms with Crippen LogP contribution in [0.1, 0.15) is 12.5 Å². The van der Waals surface area contributed by atoms with Gasteiger partial charge in [0.1, 0.15) is 0 Å². The topological polar surface area (TPSA) is 48.4 Å². The third-order valence-electron chi connectivity index (χ3n) is 4.81. The van der Waals surface area contributed by atoms with Crippen molar-refractivity contribution in [1.82, 2.24) is 20.1 Å². The van der Waals surface area contributed by atoms with Crippen LogP contribution in [-0.2, 0) is 6.42 Å². The molecule has 0 atom stereocenters. The first-order valence-corrected chi connectivity index (χ1v) is 8.37. The van der Waals surface area contributed by atoms with Crippen LogP contribution in [0, 0.1) is 0 Å². The third kappa shape index (κ3) is 2.74. The van der Waals surface area contributed by atoms with Crippen molar-refractivity contribution in [1.29, 1.82) is 0 Å². The van der Waals surface area contributed by atoms with E-state index in [1.54, 1.807) is 6.20 Å². The van der Waals surface area contributed by atoms with Gasteiger partial charge in [-0.3, -0.25) is 0 Å². The number of nitrogens with zero attached hydrogens (tertiary/aromatic N) is 6. The molecule has 3 heterocycles. The summed E-state index contributed by atoms with van der Waals surface area (Å²) in [4.78, 5) is 11.7. The van der Waals surface area contributed by atoms with Crippen LogP contribution in [-0.4, -0.2) is 59.3 Å². The Morgan fingerprint density at radius 2 is 1.87 bits per heavy atom. The lowest BCUT2D eigenvalue weighted by Gasteiger charge is -2.34. The molecule has 0 saturated carbocycles. The zero-order valence-corrected chi connectivity index (χ0v) is 13.5. The molecular formula is C17H22N6. The Kier molecular flexibility index (Phi) is 3.83. The number of aromatic nitrogens is 3. The van der Waals surface area contributed by atoms with Gasteiger partial charge in [0, 0.05) is 38.4 Å². The minimum Gasteiger partial charge on any atom is -0.353 e. The Hall–Kier alpha value is -2.21. The fourth-order valence-electron chi connectivity index (χ4n) is 3.39. The Bertz CT molecular complexity index is 680. The second-order valence-electron chi connectivity index (χ2n) is 6.07. The normalized spacial score (nSPS) is 18.3. The average Bonchev–Trinajstić information content (AvgIpc) is 3.06. The van der Waals surface area contributed by atoms with Gasteiger partial charge in [-0.25, -0.2) is 0 Å². The number of rotatable bonds is 3.